The maximum atomic E-state index is 13.3. The highest BCUT2D eigenvalue weighted by atomic mass is 32.1. The summed E-state index contributed by atoms with van der Waals surface area (Å²) < 4.78 is 25.6. The Morgan fingerprint density at radius 3 is 2.62 bits per heavy atom. The summed E-state index contributed by atoms with van der Waals surface area (Å²) in [7, 11) is 3.11. The Morgan fingerprint density at radius 2 is 1.90 bits per heavy atom. The minimum absolute atomic E-state index is 0.153. The number of anilines is 1. The fourth-order valence-electron chi connectivity index (χ4n) is 3.07. The monoisotopic (exact) mass is 411 g/mol. The van der Waals surface area contributed by atoms with E-state index in [9.17, 15) is 9.18 Å². The first-order valence-corrected chi connectivity index (χ1v) is 9.69. The molecular formula is C21H18FN3O3S. The van der Waals surface area contributed by atoms with Gasteiger partial charge in [0.15, 0.2) is 16.5 Å². The topological polar surface area (TPSA) is 64.9 Å². The Morgan fingerprint density at radius 1 is 1.14 bits per heavy atom. The lowest BCUT2D eigenvalue weighted by atomic mass is 10.1. The van der Waals surface area contributed by atoms with E-state index in [0.717, 1.165) is 16.1 Å². The molecule has 0 bridgehead atoms. The number of hydrogen-bond donors (Lipinski definition) is 1. The Hall–Kier alpha value is -3.39. The van der Waals surface area contributed by atoms with E-state index in [1.807, 2.05) is 22.0 Å². The number of nitrogens with zero attached hydrogens (tertiary/aromatic N) is 2. The first-order valence-electron chi connectivity index (χ1n) is 8.81. The number of imidazole rings is 1. The summed E-state index contributed by atoms with van der Waals surface area (Å²) in [6, 6.07) is 11.4. The summed E-state index contributed by atoms with van der Waals surface area (Å²) in [4.78, 5) is 18.1. The Bertz CT molecular complexity index is 1170. The van der Waals surface area contributed by atoms with Crippen LogP contribution in [0.5, 0.6) is 11.5 Å². The quantitative estimate of drug-likeness (QED) is 0.511. The van der Waals surface area contributed by atoms with Crippen LogP contribution in [0, 0.1) is 5.82 Å². The highest BCUT2D eigenvalue weighted by Crippen LogP contribution is 2.31. The number of rotatable bonds is 6. The molecule has 1 amide bonds. The van der Waals surface area contributed by atoms with Crippen LogP contribution in [0.4, 0.5) is 10.2 Å². The van der Waals surface area contributed by atoms with E-state index in [1.54, 1.807) is 38.5 Å². The van der Waals surface area contributed by atoms with Crippen LogP contribution in [0.25, 0.3) is 16.2 Å². The zero-order valence-electron chi connectivity index (χ0n) is 15.8. The molecule has 2 heterocycles. The lowest BCUT2D eigenvalue weighted by Crippen LogP contribution is -2.16. The van der Waals surface area contributed by atoms with Gasteiger partial charge in [0, 0.05) is 17.1 Å². The van der Waals surface area contributed by atoms with E-state index in [-0.39, 0.29) is 18.1 Å². The number of methoxy groups -OCH3 is 2. The summed E-state index contributed by atoms with van der Waals surface area (Å²) in [5.74, 6) is 1.20. The van der Waals surface area contributed by atoms with Crippen molar-refractivity contribution in [2.24, 2.45) is 0 Å². The van der Waals surface area contributed by atoms with Gasteiger partial charge in [-0.05, 0) is 42.0 Å². The summed E-state index contributed by atoms with van der Waals surface area (Å²) in [6.45, 7) is 0. The average molecular weight is 411 g/mol. The van der Waals surface area contributed by atoms with Crippen LogP contribution in [-0.4, -0.2) is 29.5 Å². The van der Waals surface area contributed by atoms with E-state index in [2.05, 4.69) is 10.3 Å². The van der Waals surface area contributed by atoms with Gasteiger partial charge >= 0.3 is 0 Å². The molecule has 0 aliphatic rings. The van der Waals surface area contributed by atoms with Crippen molar-refractivity contribution in [1.29, 1.82) is 0 Å². The third kappa shape index (κ3) is 3.79. The largest absolute Gasteiger partial charge is 0.493 e. The maximum Gasteiger partial charge on any atom is 0.229 e. The Kier molecular flexibility index (Phi) is 5.18. The number of nitrogens with one attached hydrogen (secondary N) is 1. The molecule has 29 heavy (non-hydrogen) atoms. The van der Waals surface area contributed by atoms with Crippen molar-refractivity contribution in [1.82, 2.24) is 9.38 Å². The smallest absolute Gasteiger partial charge is 0.229 e. The second kappa shape index (κ2) is 7.92. The maximum absolute atomic E-state index is 13.3. The van der Waals surface area contributed by atoms with Gasteiger partial charge < -0.3 is 14.8 Å². The van der Waals surface area contributed by atoms with E-state index in [1.165, 1.54) is 23.5 Å². The van der Waals surface area contributed by atoms with Gasteiger partial charge in [-0.3, -0.25) is 9.20 Å². The summed E-state index contributed by atoms with van der Waals surface area (Å²) in [6.07, 6.45) is 1.99. The van der Waals surface area contributed by atoms with Gasteiger partial charge in [-0.25, -0.2) is 9.37 Å². The van der Waals surface area contributed by atoms with Crippen molar-refractivity contribution in [3.05, 3.63) is 65.4 Å². The van der Waals surface area contributed by atoms with Gasteiger partial charge in [0.05, 0.1) is 20.6 Å². The minimum atomic E-state index is -0.325. The highest BCUT2D eigenvalue weighted by molar-refractivity contribution is 7.15. The van der Waals surface area contributed by atoms with Crippen LogP contribution in [0.2, 0.25) is 0 Å². The zero-order valence-corrected chi connectivity index (χ0v) is 16.6. The number of thiazole rings is 1. The van der Waals surface area contributed by atoms with E-state index in [0.29, 0.717) is 23.0 Å². The summed E-state index contributed by atoms with van der Waals surface area (Å²) in [5.41, 5.74) is 2.11. The number of carbonyl (C=O) groups excluding carboxylic acids is 1. The second-order valence-electron chi connectivity index (χ2n) is 6.29. The molecule has 0 aliphatic carbocycles. The van der Waals surface area contributed by atoms with Crippen molar-refractivity contribution in [2.75, 3.05) is 19.5 Å². The van der Waals surface area contributed by atoms with Crippen LogP contribution < -0.4 is 14.8 Å². The molecule has 0 spiro atoms. The molecule has 0 saturated carbocycles. The molecule has 0 atom stereocenters. The molecule has 148 valence electrons. The summed E-state index contributed by atoms with van der Waals surface area (Å²) >= 11 is 1.46. The van der Waals surface area contributed by atoms with Crippen LogP contribution in [0.3, 0.4) is 0 Å². The number of aromatic nitrogens is 2. The third-order valence-electron chi connectivity index (χ3n) is 4.45. The fraction of sp³-hybridized carbons (Fsp3) is 0.143. The van der Waals surface area contributed by atoms with Crippen LogP contribution in [-0.2, 0) is 11.2 Å². The molecule has 4 rings (SSSR count). The molecule has 2 aromatic carbocycles. The van der Waals surface area contributed by atoms with Gasteiger partial charge in [-0.1, -0.05) is 6.07 Å². The SMILES string of the molecule is COc1ccc(CC(=O)Nc2c(-c3ccc(F)cc3)nc3sccn23)cc1OC. The van der Waals surface area contributed by atoms with Crippen LogP contribution in [0.15, 0.2) is 54.0 Å². The molecule has 4 aromatic rings. The van der Waals surface area contributed by atoms with Crippen molar-refractivity contribution in [3.8, 4) is 22.8 Å². The first kappa shape index (κ1) is 18.9. The minimum Gasteiger partial charge on any atom is -0.493 e. The number of halogens is 1. The number of hydrogen-bond acceptors (Lipinski definition) is 5. The number of ether oxygens (including phenoxy) is 2. The fourth-order valence-corrected chi connectivity index (χ4v) is 3.78. The Balaban J connectivity index is 1.62. The normalized spacial score (nSPS) is 10.9. The second-order valence-corrected chi connectivity index (χ2v) is 7.16. The lowest BCUT2D eigenvalue weighted by molar-refractivity contribution is -0.115. The predicted molar refractivity (Wildman–Crippen MR) is 110 cm³/mol. The molecule has 8 heteroatoms. The van der Waals surface area contributed by atoms with Gasteiger partial charge in [0.1, 0.15) is 17.3 Å². The summed E-state index contributed by atoms with van der Waals surface area (Å²) in [5, 5.41) is 4.84. The number of fused-ring (bicyclic) bond motifs is 1. The van der Waals surface area contributed by atoms with Gasteiger partial charge in [0.2, 0.25) is 5.91 Å². The van der Waals surface area contributed by atoms with E-state index < -0.39 is 0 Å². The van der Waals surface area contributed by atoms with Crippen molar-refractivity contribution < 1.29 is 18.7 Å². The zero-order chi connectivity index (χ0) is 20.4. The number of amides is 1. The molecule has 6 nitrogen and oxygen atoms in total. The highest BCUT2D eigenvalue weighted by Gasteiger charge is 2.18. The van der Waals surface area contributed by atoms with Gasteiger partial charge in [0.25, 0.3) is 0 Å². The van der Waals surface area contributed by atoms with Crippen molar-refractivity contribution in [2.45, 2.75) is 6.42 Å². The van der Waals surface area contributed by atoms with Crippen LogP contribution >= 0.6 is 11.3 Å². The third-order valence-corrected chi connectivity index (χ3v) is 5.21. The van der Waals surface area contributed by atoms with Crippen molar-refractivity contribution in [3.63, 3.8) is 0 Å². The molecule has 2 aromatic heterocycles. The standard InChI is InChI=1S/C21H18FN3O3S/c1-27-16-8-3-13(11-17(16)28-2)12-18(26)23-20-19(14-4-6-15(22)7-5-14)24-21-25(20)9-10-29-21/h3-11H,12H2,1-2H3,(H,23,26). The van der Waals surface area contributed by atoms with Gasteiger partial charge in [-0.2, -0.15) is 0 Å². The van der Waals surface area contributed by atoms with E-state index in [4.69, 9.17) is 9.47 Å². The molecule has 0 fully saturated rings. The predicted octanol–water partition coefficient (Wildman–Crippen LogP) is 4.40. The first-order chi connectivity index (χ1) is 14.1. The van der Waals surface area contributed by atoms with E-state index >= 15 is 0 Å². The van der Waals surface area contributed by atoms with Gasteiger partial charge in [-0.15, -0.1) is 11.3 Å². The Labute approximate surface area is 170 Å². The molecular weight excluding hydrogens is 393 g/mol. The van der Waals surface area contributed by atoms with Crippen LogP contribution in [0.1, 0.15) is 5.56 Å². The molecule has 0 unspecified atom stereocenters. The lowest BCUT2D eigenvalue weighted by Gasteiger charge is -2.10. The van der Waals surface area contributed by atoms with Crippen molar-refractivity contribution >= 4 is 28.0 Å². The molecule has 0 saturated heterocycles. The number of carbonyl (C=O) groups is 1. The molecule has 0 aliphatic heterocycles. The molecule has 1 N–H and O–H groups in total. The number of benzene rings is 2. The molecule has 0 radical (unpaired) electrons. The average Bonchev–Trinajstić information content (AvgIpc) is 3.31.